The van der Waals surface area contributed by atoms with Gasteiger partial charge in [-0.3, -0.25) is 4.79 Å². The maximum atomic E-state index is 12.6. The summed E-state index contributed by atoms with van der Waals surface area (Å²) in [6, 6.07) is 12.4. The minimum atomic E-state index is -0.228. The molecule has 0 spiro atoms. The van der Waals surface area contributed by atoms with Gasteiger partial charge in [0.2, 0.25) is 5.91 Å². The van der Waals surface area contributed by atoms with Crippen molar-refractivity contribution in [1.82, 2.24) is 15.3 Å². The molecule has 0 bridgehead atoms. The number of amides is 1. The second-order valence-corrected chi connectivity index (χ2v) is 10.8. The Hall–Kier alpha value is -2.47. The first-order valence-corrected chi connectivity index (χ1v) is 11.2. The molecule has 0 unspecified atom stereocenters. The van der Waals surface area contributed by atoms with Crippen LogP contribution in [-0.4, -0.2) is 35.0 Å². The SMILES string of the molecule is CN(CCC(=O)NC(C)(C)CC(C)(C)C)c1ncnc2sc(-c3ccccc3)cc12. The Morgan fingerprint density at radius 1 is 1.10 bits per heavy atom. The summed E-state index contributed by atoms with van der Waals surface area (Å²) in [5.74, 6) is 0.928. The number of anilines is 1. The zero-order valence-corrected chi connectivity index (χ0v) is 19.6. The normalized spacial score (nSPS) is 12.2. The highest BCUT2D eigenvalue weighted by Gasteiger charge is 2.27. The summed E-state index contributed by atoms with van der Waals surface area (Å²) in [4.78, 5) is 25.7. The molecule has 0 fully saturated rings. The average Bonchev–Trinajstić information content (AvgIpc) is 3.08. The van der Waals surface area contributed by atoms with Crippen molar-refractivity contribution in [1.29, 1.82) is 0 Å². The Bertz CT molecular complexity index is 1000. The van der Waals surface area contributed by atoms with E-state index in [4.69, 9.17) is 0 Å². The highest BCUT2D eigenvalue weighted by Crippen LogP contribution is 2.35. The predicted molar refractivity (Wildman–Crippen MR) is 127 cm³/mol. The first-order chi connectivity index (χ1) is 14.0. The number of thiophene rings is 1. The molecule has 0 saturated heterocycles. The van der Waals surface area contributed by atoms with Crippen LogP contribution < -0.4 is 10.2 Å². The maximum absolute atomic E-state index is 12.6. The zero-order chi connectivity index (χ0) is 21.9. The van der Waals surface area contributed by atoms with Gasteiger partial charge in [0.1, 0.15) is 17.0 Å². The smallest absolute Gasteiger partial charge is 0.222 e. The van der Waals surface area contributed by atoms with Gasteiger partial charge < -0.3 is 10.2 Å². The minimum absolute atomic E-state index is 0.0664. The Kier molecular flexibility index (Phi) is 6.46. The van der Waals surface area contributed by atoms with Crippen LogP contribution in [0.4, 0.5) is 5.82 Å². The lowest BCUT2D eigenvalue weighted by Gasteiger charge is -2.33. The molecule has 160 valence electrons. The summed E-state index contributed by atoms with van der Waals surface area (Å²) in [6.07, 6.45) is 2.95. The number of carbonyl (C=O) groups excluding carboxylic acids is 1. The standard InChI is InChI=1S/C24H32N4OS/c1-23(2,3)15-24(4,5)27-20(29)12-13-28(6)21-18-14-19(17-10-8-7-9-11-17)30-22(18)26-16-25-21/h7-11,14,16H,12-13,15H2,1-6H3,(H,27,29). The van der Waals surface area contributed by atoms with Crippen LogP contribution in [0.1, 0.15) is 47.5 Å². The Morgan fingerprint density at radius 2 is 1.80 bits per heavy atom. The van der Waals surface area contributed by atoms with Crippen LogP contribution in [0.15, 0.2) is 42.7 Å². The van der Waals surface area contributed by atoms with Crippen molar-refractivity contribution in [3.05, 3.63) is 42.7 Å². The second kappa shape index (κ2) is 8.72. The molecule has 0 aliphatic rings. The predicted octanol–water partition coefficient (Wildman–Crippen LogP) is 5.52. The molecule has 2 aromatic heterocycles. The lowest BCUT2D eigenvalue weighted by atomic mass is 9.82. The van der Waals surface area contributed by atoms with E-state index >= 15 is 0 Å². The van der Waals surface area contributed by atoms with Crippen molar-refractivity contribution in [2.24, 2.45) is 5.41 Å². The number of benzene rings is 1. The molecule has 0 aliphatic heterocycles. The lowest BCUT2D eigenvalue weighted by Crippen LogP contribution is -2.46. The van der Waals surface area contributed by atoms with E-state index in [9.17, 15) is 4.79 Å². The highest BCUT2D eigenvalue weighted by molar-refractivity contribution is 7.21. The van der Waals surface area contributed by atoms with Crippen LogP contribution in [-0.2, 0) is 4.79 Å². The van der Waals surface area contributed by atoms with Crippen molar-refractivity contribution in [2.75, 3.05) is 18.5 Å². The summed E-state index contributed by atoms with van der Waals surface area (Å²) in [5, 5.41) is 4.21. The van der Waals surface area contributed by atoms with Gasteiger partial charge in [-0.15, -0.1) is 11.3 Å². The van der Waals surface area contributed by atoms with Gasteiger partial charge in [0.25, 0.3) is 0 Å². The molecule has 0 aliphatic carbocycles. The number of nitrogens with zero attached hydrogens (tertiary/aromatic N) is 3. The van der Waals surface area contributed by atoms with Crippen molar-refractivity contribution in [3.8, 4) is 10.4 Å². The second-order valence-electron chi connectivity index (χ2n) is 9.73. The number of hydrogen-bond donors (Lipinski definition) is 1. The molecule has 0 saturated carbocycles. The Labute approximate surface area is 183 Å². The number of hydrogen-bond acceptors (Lipinski definition) is 5. The summed E-state index contributed by atoms with van der Waals surface area (Å²) in [6.45, 7) is 11.4. The highest BCUT2D eigenvalue weighted by atomic mass is 32.1. The molecule has 5 nitrogen and oxygen atoms in total. The molecule has 1 N–H and O–H groups in total. The summed E-state index contributed by atoms with van der Waals surface area (Å²) < 4.78 is 0. The van der Waals surface area contributed by atoms with Gasteiger partial charge in [-0.05, 0) is 37.3 Å². The molecule has 30 heavy (non-hydrogen) atoms. The van der Waals surface area contributed by atoms with E-state index in [1.165, 1.54) is 10.4 Å². The summed E-state index contributed by atoms with van der Waals surface area (Å²) in [7, 11) is 1.98. The van der Waals surface area contributed by atoms with E-state index in [-0.39, 0.29) is 16.9 Å². The van der Waals surface area contributed by atoms with Crippen molar-refractivity contribution >= 4 is 33.3 Å². The molecule has 2 heterocycles. The molecule has 0 radical (unpaired) electrons. The van der Waals surface area contributed by atoms with Crippen LogP contribution in [0.2, 0.25) is 0 Å². The fourth-order valence-corrected chi connectivity index (χ4v) is 5.08. The van der Waals surface area contributed by atoms with Gasteiger partial charge >= 0.3 is 0 Å². The molecule has 1 aromatic carbocycles. The van der Waals surface area contributed by atoms with E-state index in [0.717, 1.165) is 22.5 Å². The number of fused-ring (bicyclic) bond motifs is 1. The molecule has 0 atom stereocenters. The molecular formula is C24H32N4OS. The average molecular weight is 425 g/mol. The number of carbonyl (C=O) groups is 1. The monoisotopic (exact) mass is 424 g/mol. The first kappa shape index (κ1) is 22.2. The van der Waals surface area contributed by atoms with Crippen molar-refractivity contribution in [3.63, 3.8) is 0 Å². The molecule has 1 amide bonds. The third kappa shape index (κ3) is 5.79. The third-order valence-electron chi connectivity index (χ3n) is 4.85. The van der Waals surface area contributed by atoms with Crippen LogP contribution >= 0.6 is 11.3 Å². The third-order valence-corrected chi connectivity index (χ3v) is 5.94. The van der Waals surface area contributed by atoms with Gasteiger partial charge in [-0.1, -0.05) is 51.1 Å². The largest absolute Gasteiger partial charge is 0.359 e. The molecule has 6 heteroatoms. The molecule has 3 rings (SSSR count). The van der Waals surface area contributed by atoms with E-state index in [2.05, 4.69) is 68.1 Å². The Morgan fingerprint density at radius 3 is 2.47 bits per heavy atom. The Balaban J connectivity index is 1.69. The maximum Gasteiger partial charge on any atom is 0.222 e. The summed E-state index contributed by atoms with van der Waals surface area (Å²) >= 11 is 1.66. The number of aromatic nitrogens is 2. The molecular weight excluding hydrogens is 392 g/mol. The molecule has 3 aromatic rings. The van der Waals surface area contributed by atoms with Crippen LogP contribution in [0.25, 0.3) is 20.7 Å². The van der Waals surface area contributed by atoms with Gasteiger partial charge in [0.05, 0.1) is 5.39 Å². The van der Waals surface area contributed by atoms with E-state index < -0.39 is 0 Å². The van der Waals surface area contributed by atoms with Gasteiger partial charge in [-0.25, -0.2) is 9.97 Å². The van der Waals surface area contributed by atoms with E-state index in [1.54, 1.807) is 17.7 Å². The topological polar surface area (TPSA) is 58.1 Å². The van der Waals surface area contributed by atoms with Crippen molar-refractivity contribution < 1.29 is 4.79 Å². The number of rotatable bonds is 7. The fraction of sp³-hybridized carbons (Fsp3) is 0.458. The van der Waals surface area contributed by atoms with Gasteiger partial charge in [-0.2, -0.15) is 0 Å². The van der Waals surface area contributed by atoms with E-state index in [0.29, 0.717) is 13.0 Å². The summed E-state index contributed by atoms with van der Waals surface area (Å²) in [5.41, 5.74) is 1.11. The minimum Gasteiger partial charge on any atom is -0.359 e. The van der Waals surface area contributed by atoms with E-state index in [1.807, 2.05) is 30.1 Å². The fourth-order valence-electron chi connectivity index (χ4n) is 4.08. The quantitative estimate of drug-likeness (QED) is 0.543. The van der Waals surface area contributed by atoms with Crippen LogP contribution in [0, 0.1) is 5.41 Å². The number of nitrogens with one attached hydrogen (secondary N) is 1. The van der Waals surface area contributed by atoms with Crippen LogP contribution in [0.5, 0.6) is 0 Å². The van der Waals surface area contributed by atoms with Crippen molar-refractivity contribution in [2.45, 2.75) is 53.0 Å². The first-order valence-electron chi connectivity index (χ1n) is 10.4. The van der Waals surface area contributed by atoms with Crippen LogP contribution in [0.3, 0.4) is 0 Å². The van der Waals surface area contributed by atoms with Gasteiger partial charge in [0, 0.05) is 30.4 Å². The zero-order valence-electron chi connectivity index (χ0n) is 18.8. The van der Waals surface area contributed by atoms with Gasteiger partial charge in [0.15, 0.2) is 0 Å². The lowest BCUT2D eigenvalue weighted by molar-refractivity contribution is -0.122.